The number of halogens is 1. The van der Waals surface area contributed by atoms with Crippen molar-refractivity contribution in [3.8, 4) is 11.3 Å². The van der Waals surface area contributed by atoms with Crippen LogP contribution in [0.25, 0.3) is 11.3 Å². The van der Waals surface area contributed by atoms with E-state index >= 15 is 0 Å². The Balaban J connectivity index is 1.72. The van der Waals surface area contributed by atoms with Crippen molar-refractivity contribution in [3.05, 3.63) is 41.8 Å². The number of rotatable bonds is 4. The van der Waals surface area contributed by atoms with Crippen LogP contribution in [0.1, 0.15) is 12.1 Å². The van der Waals surface area contributed by atoms with Crippen LogP contribution in [0.4, 0.5) is 4.39 Å². The van der Waals surface area contributed by atoms with E-state index in [4.69, 9.17) is 0 Å². The number of aromatic nitrogens is 2. The van der Waals surface area contributed by atoms with Crippen LogP contribution < -0.4 is 0 Å². The molecule has 0 saturated carbocycles. The molecule has 0 saturated heterocycles. The van der Waals surface area contributed by atoms with Crippen molar-refractivity contribution in [1.29, 1.82) is 0 Å². The molecule has 2 heterocycles. The number of nitrogens with zero attached hydrogens (tertiary/aromatic N) is 4. The smallest absolute Gasteiger partial charge is 0.224 e. The lowest BCUT2D eigenvalue weighted by atomic mass is 10.1. The highest BCUT2D eigenvalue weighted by molar-refractivity contribution is 5.76. The van der Waals surface area contributed by atoms with Gasteiger partial charge in [0.1, 0.15) is 5.82 Å². The van der Waals surface area contributed by atoms with Crippen LogP contribution in [0.2, 0.25) is 0 Å². The topological polar surface area (TPSA) is 41.4 Å². The van der Waals surface area contributed by atoms with Crippen LogP contribution in [0.3, 0.4) is 0 Å². The average molecular weight is 316 g/mol. The molecule has 0 fully saturated rings. The van der Waals surface area contributed by atoms with E-state index in [-0.39, 0.29) is 11.7 Å². The van der Waals surface area contributed by atoms with Gasteiger partial charge in [0, 0.05) is 25.1 Å². The van der Waals surface area contributed by atoms with Crippen LogP contribution in [0.15, 0.2) is 30.3 Å². The zero-order valence-corrected chi connectivity index (χ0v) is 13.5. The molecule has 0 atom stereocenters. The molecule has 0 aliphatic carbocycles. The number of fused-ring (bicyclic) bond motifs is 1. The standard InChI is InChI=1S/C17H21FN4O/c1-20(2)8-7-17(23)21-9-10-22-15(12-21)11-16(19-22)13-3-5-14(18)6-4-13/h3-6,11H,7-10,12H2,1-2H3. The lowest BCUT2D eigenvalue weighted by Crippen LogP contribution is -2.39. The second-order valence-corrected chi connectivity index (χ2v) is 6.12. The summed E-state index contributed by atoms with van der Waals surface area (Å²) in [6, 6.07) is 8.31. The third-order valence-corrected chi connectivity index (χ3v) is 4.06. The van der Waals surface area contributed by atoms with Crippen LogP contribution in [0, 0.1) is 5.82 Å². The molecule has 1 aliphatic rings. The summed E-state index contributed by atoms with van der Waals surface area (Å²) in [6.45, 7) is 2.73. The summed E-state index contributed by atoms with van der Waals surface area (Å²) in [5.74, 6) is -0.0788. The van der Waals surface area contributed by atoms with Crippen LogP contribution >= 0.6 is 0 Å². The minimum Gasteiger partial charge on any atom is -0.335 e. The molecule has 5 nitrogen and oxygen atoms in total. The molecule has 2 aromatic rings. The highest BCUT2D eigenvalue weighted by Gasteiger charge is 2.22. The van der Waals surface area contributed by atoms with Gasteiger partial charge in [0.15, 0.2) is 0 Å². The van der Waals surface area contributed by atoms with E-state index in [1.54, 1.807) is 12.1 Å². The van der Waals surface area contributed by atoms with Gasteiger partial charge in [0.05, 0.1) is 24.5 Å². The molecular weight excluding hydrogens is 295 g/mol. The average Bonchev–Trinajstić information content (AvgIpc) is 2.96. The molecule has 0 bridgehead atoms. The molecule has 1 aliphatic heterocycles. The molecule has 1 aromatic carbocycles. The molecule has 0 unspecified atom stereocenters. The summed E-state index contributed by atoms with van der Waals surface area (Å²) in [7, 11) is 3.93. The molecule has 1 amide bonds. The van der Waals surface area contributed by atoms with Gasteiger partial charge in [0.25, 0.3) is 0 Å². The Morgan fingerprint density at radius 1 is 1.26 bits per heavy atom. The second kappa shape index (κ2) is 6.50. The Morgan fingerprint density at radius 3 is 2.70 bits per heavy atom. The number of hydrogen-bond acceptors (Lipinski definition) is 3. The fourth-order valence-electron chi connectivity index (χ4n) is 2.72. The fraction of sp³-hybridized carbons (Fsp3) is 0.412. The second-order valence-electron chi connectivity index (χ2n) is 6.12. The highest BCUT2D eigenvalue weighted by atomic mass is 19.1. The molecule has 1 aromatic heterocycles. The van der Waals surface area contributed by atoms with E-state index in [0.29, 0.717) is 26.1 Å². The van der Waals surface area contributed by atoms with Gasteiger partial charge in [-0.1, -0.05) is 0 Å². The van der Waals surface area contributed by atoms with Crippen molar-refractivity contribution >= 4 is 5.91 Å². The Kier molecular flexibility index (Phi) is 4.43. The predicted molar refractivity (Wildman–Crippen MR) is 86.2 cm³/mol. The molecule has 122 valence electrons. The Bertz CT molecular complexity index is 693. The molecule has 23 heavy (non-hydrogen) atoms. The fourth-order valence-corrected chi connectivity index (χ4v) is 2.72. The summed E-state index contributed by atoms with van der Waals surface area (Å²) < 4.78 is 15.0. The third-order valence-electron chi connectivity index (χ3n) is 4.06. The number of benzene rings is 1. The van der Waals surface area contributed by atoms with Crippen LogP contribution in [-0.2, 0) is 17.9 Å². The Morgan fingerprint density at radius 2 is 2.00 bits per heavy atom. The predicted octanol–water partition coefficient (Wildman–Crippen LogP) is 1.98. The van der Waals surface area contributed by atoms with Gasteiger partial charge in [0.2, 0.25) is 5.91 Å². The van der Waals surface area contributed by atoms with Crippen molar-refractivity contribution in [3.63, 3.8) is 0 Å². The largest absolute Gasteiger partial charge is 0.335 e. The normalized spacial score (nSPS) is 14.2. The first-order valence-electron chi connectivity index (χ1n) is 7.78. The van der Waals surface area contributed by atoms with Crippen molar-refractivity contribution in [2.75, 3.05) is 27.2 Å². The van der Waals surface area contributed by atoms with E-state index in [1.807, 2.05) is 34.6 Å². The van der Waals surface area contributed by atoms with Crippen molar-refractivity contribution in [2.24, 2.45) is 0 Å². The number of carbonyl (C=O) groups is 1. The minimum absolute atomic E-state index is 0.175. The summed E-state index contributed by atoms with van der Waals surface area (Å²) >= 11 is 0. The summed E-state index contributed by atoms with van der Waals surface area (Å²) in [4.78, 5) is 16.2. The first kappa shape index (κ1) is 15.7. The number of amides is 1. The first-order chi connectivity index (χ1) is 11.0. The Labute approximate surface area is 135 Å². The lowest BCUT2D eigenvalue weighted by Gasteiger charge is -2.28. The maximum Gasteiger partial charge on any atom is 0.224 e. The molecule has 0 radical (unpaired) electrons. The molecule has 6 heteroatoms. The van der Waals surface area contributed by atoms with Gasteiger partial charge in [-0.05, 0) is 44.4 Å². The van der Waals surface area contributed by atoms with Gasteiger partial charge < -0.3 is 9.80 Å². The van der Waals surface area contributed by atoms with Gasteiger partial charge in [-0.25, -0.2) is 4.39 Å². The van der Waals surface area contributed by atoms with E-state index < -0.39 is 0 Å². The summed E-state index contributed by atoms with van der Waals surface area (Å²) in [6.07, 6.45) is 0.534. The van der Waals surface area contributed by atoms with Gasteiger partial charge in [-0.15, -0.1) is 0 Å². The van der Waals surface area contributed by atoms with Gasteiger partial charge in [-0.2, -0.15) is 5.10 Å². The third kappa shape index (κ3) is 3.59. The molecule has 3 rings (SSSR count). The van der Waals surface area contributed by atoms with Crippen molar-refractivity contribution in [1.82, 2.24) is 19.6 Å². The Hall–Kier alpha value is -2.21. The quantitative estimate of drug-likeness (QED) is 0.866. The highest BCUT2D eigenvalue weighted by Crippen LogP contribution is 2.22. The zero-order valence-electron chi connectivity index (χ0n) is 13.5. The first-order valence-corrected chi connectivity index (χ1v) is 7.78. The zero-order chi connectivity index (χ0) is 16.4. The molecule has 0 N–H and O–H groups in total. The van der Waals surface area contributed by atoms with Gasteiger partial charge >= 0.3 is 0 Å². The molecule has 0 spiro atoms. The van der Waals surface area contributed by atoms with E-state index in [1.165, 1.54) is 12.1 Å². The maximum atomic E-state index is 13.0. The number of hydrogen-bond donors (Lipinski definition) is 0. The van der Waals surface area contributed by atoms with Crippen molar-refractivity contribution in [2.45, 2.75) is 19.5 Å². The van der Waals surface area contributed by atoms with E-state index in [0.717, 1.165) is 23.5 Å². The minimum atomic E-state index is -0.254. The summed E-state index contributed by atoms with van der Waals surface area (Å²) in [5.41, 5.74) is 2.73. The SMILES string of the molecule is CN(C)CCC(=O)N1CCn2nc(-c3ccc(F)cc3)cc2C1. The monoisotopic (exact) mass is 316 g/mol. The number of carbonyl (C=O) groups excluding carboxylic acids is 1. The van der Waals surface area contributed by atoms with Crippen molar-refractivity contribution < 1.29 is 9.18 Å². The van der Waals surface area contributed by atoms with Gasteiger partial charge in [-0.3, -0.25) is 9.48 Å². The van der Waals surface area contributed by atoms with Crippen LogP contribution in [0.5, 0.6) is 0 Å². The molecular formula is C17H21FN4O. The summed E-state index contributed by atoms with van der Waals surface area (Å²) in [5, 5.41) is 4.57. The van der Waals surface area contributed by atoms with E-state index in [9.17, 15) is 9.18 Å². The maximum absolute atomic E-state index is 13.0. The lowest BCUT2D eigenvalue weighted by molar-refractivity contribution is -0.132. The van der Waals surface area contributed by atoms with E-state index in [2.05, 4.69) is 5.10 Å². The van der Waals surface area contributed by atoms with Crippen LogP contribution in [-0.4, -0.2) is 52.7 Å².